The highest BCUT2D eigenvalue weighted by atomic mass is 16.5. The molecule has 3 aromatic rings. The Morgan fingerprint density at radius 2 is 2.07 bits per heavy atom. The van der Waals surface area contributed by atoms with Crippen molar-refractivity contribution in [3.05, 3.63) is 64.7 Å². The number of H-pyrrole nitrogens is 1. The van der Waals surface area contributed by atoms with E-state index < -0.39 is 0 Å². The minimum absolute atomic E-state index is 0.126. The third-order valence-corrected chi connectivity index (χ3v) is 4.03. The van der Waals surface area contributed by atoms with Gasteiger partial charge in [0.05, 0.1) is 6.54 Å². The van der Waals surface area contributed by atoms with E-state index in [2.05, 4.69) is 25.6 Å². The molecule has 0 radical (unpaired) electrons. The largest absolute Gasteiger partial charge is 0.492 e. The van der Waals surface area contributed by atoms with Crippen LogP contribution in [-0.4, -0.2) is 34.0 Å². The first-order valence-electron chi connectivity index (χ1n) is 9.34. The molecule has 0 saturated carbocycles. The molecule has 0 fully saturated rings. The summed E-state index contributed by atoms with van der Waals surface area (Å²) in [7, 11) is 0. The molecule has 0 atom stereocenters. The zero-order valence-electron chi connectivity index (χ0n) is 16.4. The fourth-order valence-corrected chi connectivity index (χ4v) is 2.68. The van der Waals surface area contributed by atoms with Crippen LogP contribution in [0.3, 0.4) is 0 Å². The van der Waals surface area contributed by atoms with Gasteiger partial charge < -0.3 is 20.4 Å². The Morgan fingerprint density at radius 1 is 1.21 bits per heavy atom. The predicted octanol–water partition coefficient (Wildman–Crippen LogP) is 2.84. The highest BCUT2D eigenvalue weighted by Gasteiger charge is 2.04. The van der Waals surface area contributed by atoms with Gasteiger partial charge in [0.15, 0.2) is 0 Å². The lowest BCUT2D eigenvalue weighted by molar-refractivity contribution is -0.114. The molecule has 8 nitrogen and oxygen atoms in total. The summed E-state index contributed by atoms with van der Waals surface area (Å²) in [5.74, 6) is 1.75. The molecule has 1 amide bonds. The summed E-state index contributed by atoms with van der Waals surface area (Å²) in [6.07, 6.45) is 2.36. The van der Waals surface area contributed by atoms with Crippen LogP contribution >= 0.6 is 0 Å². The molecule has 0 saturated heterocycles. The van der Waals surface area contributed by atoms with Crippen LogP contribution in [0.15, 0.2) is 53.5 Å². The lowest BCUT2D eigenvalue weighted by atomic mass is 10.2. The van der Waals surface area contributed by atoms with E-state index in [9.17, 15) is 9.59 Å². The number of nitrogens with zero attached hydrogens (tertiary/aromatic N) is 2. The number of aryl methyl sites for hydroxylation is 1. The molecule has 0 unspecified atom stereocenters. The number of hydrogen-bond acceptors (Lipinski definition) is 6. The van der Waals surface area contributed by atoms with Crippen molar-refractivity contribution in [2.75, 3.05) is 23.8 Å². The first-order valence-corrected chi connectivity index (χ1v) is 9.34. The number of aromatic amines is 1. The van der Waals surface area contributed by atoms with Crippen LogP contribution in [0, 0.1) is 0 Å². The number of benzene rings is 1. The maximum absolute atomic E-state index is 11.7. The second-order valence-electron chi connectivity index (χ2n) is 6.36. The van der Waals surface area contributed by atoms with Gasteiger partial charge in [-0.2, -0.15) is 0 Å². The lowest BCUT2D eigenvalue weighted by Gasteiger charge is -2.10. The fourth-order valence-electron chi connectivity index (χ4n) is 2.68. The minimum Gasteiger partial charge on any atom is -0.492 e. The Hall–Kier alpha value is -3.68. The van der Waals surface area contributed by atoms with Gasteiger partial charge >= 0.3 is 0 Å². The summed E-state index contributed by atoms with van der Waals surface area (Å²) in [6, 6.07) is 12.4. The average Bonchev–Trinajstić information content (AvgIpc) is 2.71. The average molecular weight is 393 g/mol. The Bertz CT molecular complexity index is 1030. The van der Waals surface area contributed by atoms with E-state index in [1.165, 1.54) is 13.0 Å². The van der Waals surface area contributed by atoms with Gasteiger partial charge in [-0.3, -0.25) is 9.59 Å². The van der Waals surface area contributed by atoms with E-state index in [1.54, 1.807) is 18.3 Å². The van der Waals surface area contributed by atoms with E-state index >= 15 is 0 Å². The van der Waals surface area contributed by atoms with Crippen molar-refractivity contribution in [1.29, 1.82) is 0 Å². The molecule has 8 heteroatoms. The topological polar surface area (TPSA) is 109 Å². The number of rotatable bonds is 8. The van der Waals surface area contributed by atoms with Crippen LogP contribution in [-0.2, 0) is 11.2 Å². The van der Waals surface area contributed by atoms with Crippen molar-refractivity contribution in [3.63, 3.8) is 0 Å². The molecular formula is C21H23N5O3. The summed E-state index contributed by atoms with van der Waals surface area (Å²) in [6.45, 7) is 4.40. The number of carbonyl (C=O) groups is 1. The SMILES string of the molecule is CCc1cc(=O)[nH]c(-c2ccc(NCCOc3cccc(NC(C)=O)c3)nc2)n1. The second kappa shape index (κ2) is 9.50. The Morgan fingerprint density at radius 3 is 2.79 bits per heavy atom. The maximum Gasteiger partial charge on any atom is 0.251 e. The van der Waals surface area contributed by atoms with Crippen molar-refractivity contribution in [3.8, 4) is 17.1 Å². The van der Waals surface area contributed by atoms with Crippen LogP contribution in [0.4, 0.5) is 11.5 Å². The number of hydrogen-bond donors (Lipinski definition) is 3. The van der Waals surface area contributed by atoms with Gasteiger partial charge in [0.25, 0.3) is 5.56 Å². The zero-order chi connectivity index (χ0) is 20.6. The molecule has 3 rings (SSSR count). The number of pyridine rings is 1. The molecule has 0 aliphatic carbocycles. The number of aromatic nitrogens is 3. The molecule has 29 heavy (non-hydrogen) atoms. The van der Waals surface area contributed by atoms with Gasteiger partial charge in [-0.05, 0) is 30.7 Å². The van der Waals surface area contributed by atoms with Crippen LogP contribution in [0.5, 0.6) is 5.75 Å². The molecule has 0 bridgehead atoms. The van der Waals surface area contributed by atoms with E-state index in [1.807, 2.05) is 31.2 Å². The molecular weight excluding hydrogens is 370 g/mol. The van der Waals surface area contributed by atoms with Gasteiger partial charge in [-0.1, -0.05) is 13.0 Å². The third kappa shape index (κ3) is 5.90. The molecule has 0 aliphatic heterocycles. The maximum atomic E-state index is 11.7. The fraction of sp³-hybridized carbons (Fsp3) is 0.238. The van der Waals surface area contributed by atoms with E-state index in [4.69, 9.17) is 4.74 Å². The summed E-state index contributed by atoms with van der Waals surface area (Å²) in [5, 5.41) is 5.90. The summed E-state index contributed by atoms with van der Waals surface area (Å²) >= 11 is 0. The minimum atomic E-state index is -0.172. The Balaban J connectivity index is 1.53. The highest BCUT2D eigenvalue weighted by molar-refractivity contribution is 5.88. The van der Waals surface area contributed by atoms with Crippen molar-refractivity contribution < 1.29 is 9.53 Å². The van der Waals surface area contributed by atoms with Crippen molar-refractivity contribution in [1.82, 2.24) is 15.0 Å². The summed E-state index contributed by atoms with van der Waals surface area (Å²) in [5.41, 5.74) is 2.01. The molecule has 2 aromatic heterocycles. The monoisotopic (exact) mass is 393 g/mol. The number of carbonyl (C=O) groups excluding carboxylic acids is 1. The molecule has 0 spiro atoms. The van der Waals surface area contributed by atoms with Gasteiger partial charge in [-0.15, -0.1) is 0 Å². The van der Waals surface area contributed by atoms with Crippen LogP contribution in [0.25, 0.3) is 11.4 Å². The first kappa shape index (κ1) is 20.1. The van der Waals surface area contributed by atoms with Crippen molar-refractivity contribution in [2.45, 2.75) is 20.3 Å². The van der Waals surface area contributed by atoms with Crippen LogP contribution < -0.4 is 20.9 Å². The van der Waals surface area contributed by atoms with Crippen molar-refractivity contribution >= 4 is 17.4 Å². The summed E-state index contributed by atoms with van der Waals surface area (Å²) in [4.78, 5) is 34.3. The molecule has 1 aromatic carbocycles. The molecule has 0 aliphatic rings. The smallest absolute Gasteiger partial charge is 0.251 e. The van der Waals surface area contributed by atoms with Crippen molar-refractivity contribution in [2.24, 2.45) is 0 Å². The Labute approximate surface area is 168 Å². The van der Waals surface area contributed by atoms with Gasteiger partial charge in [-0.25, -0.2) is 9.97 Å². The first-order chi connectivity index (χ1) is 14.0. The predicted molar refractivity (Wildman–Crippen MR) is 112 cm³/mol. The van der Waals surface area contributed by atoms with Crippen LogP contribution in [0.2, 0.25) is 0 Å². The number of amides is 1. The molecule has 150 valence electrons. The number of nitrogens with one attached hydrogen (secondary N) is 3. The van der Waals surface area contributed by atoms with Gasteiger partial charge in [0.1, 0.15) is 24.0 Å². The number of ether oxygens (including phenoxy) is 1. The van der Waals surface area contributed by atoms with E-state index in [0.29, 0.717) is 42.7 Å². The second-order valence-corrected chi connectivity index (χ2v) is 6.36. The third-order valence-electron chi connectivity index (χ3n) is 4.03. The lowest BCUT2D eigenvalue weighted by Crippen LogP contribution is -2.13. The van der Waals surface area contributed by atoms with Gasteiger partial charge in [0.2, 0.25) is 5.91 Å². The molecule has 2 heterocycles. The highest BCUT2D eigenvalue weighted by Crippen LogP contribution is 2.17. The standard InChI is InChI=1S/C21H23N5O3/c1-3-16-12-20(28)26-21(25-16)15-7-8-19(23-13-15)22-9-10-29-18-6-4-5-17(11-18)24-14(2)27/h4-8,11-13H,3,9-10H2,1-2H3,(H,22,23)(H,24,27)(H,25,26,28). The number of anilines is 2. The quantitative estimate of drug-likeness (QED) is 0.508. The Kier molecular flexibility index (Phi) is 6.57. The zero-order valence-corrected chi connectivity index (χ0v) is 16.4. The molecule has 3 N–H and O–H groups in total. The van der Waals surface area contributed by atoms with E-state index in [-0.39, 0.29) is 11.5 Å². The normalized spacial score (nSPS) is 10.4. The summed E-state index contributed by atoms with van der Waals surface area (Å²) < 4.78 is 5.69. The van der Waals surface area contributed by atoms with Crippen LogP contribution in [0.1, 0.15) is 19.5 Å². The van der Waals surface area contributed by atoms with Gasteiger partial charge in [0, 0.05) is 42.2 Å². The van der Waals surface area contributed by atoms with E-state index in [0.717, 1.165) is 11.3 Å².